The number of aliphatic hydroxyl groups excluding tert-OH is 1. The van der Waals surface area contributed by atoms with E-state index in [1.54, 1.807) is 6.07 Å². The molecule has 3 rings (SSSR count). The van der Waals surface area contributed by atoms with E-state index in [-0.39, 0.29) is 30.5 Å². The van der Waals surface area contributed by atoms with E-state index in [1.165, 1.54) is 11.3 Å². The van der Waals surface area contributed by atoms with E-state index < -0.39 is 6.10 Å². The molecule has 1 aromatic heterocycles. The number of aliphatic hydroxyl groups is 1. The van der Waals surface area contributed by atoms with Crippen molar-refractivity contribution in [1.29, 1.82) is 0 Å². The molecular weight excluding hydrogens is 506 g/mol. The molecule has 0 amide bonds. The predicted molar refractivity (Wildman–Crippen MR) is 121 cm³/mol. The Morgan fingerprint density at radius 2 is 1.77 bits per heavy atom. The van der Waals surface area contributed by atoms with E-state index in [0.29, 0.717) is 10.3 Å². The van der Waals surface area contributed by atoms with Gasteiger partial charge in [-0.1, -0.05) is 23.2 Å². The fourth-order valence-electron chi connectivity index (χ4n) is 2.72. The number of halogens is 3. The summed E-state index contributed by atoms with van der Waals surface area (Å²) in [5, 5.41) is 10.9. The van der Waals surface area contributed by atoms with Crippen molar-refractivity contribution < 1.29 is 5.11 Å². The molecule has 1 unspecified atom stereocenters. The van der Waals surface area contributed by atoms with Crippen molar-refractivity contribution in [3.63, 3.8) is 0 Å². The number of hydrogen-bond donors (Lipinski definition) is 2. The molecule has 0 radical (unpaired) electrons. The minimum atomic E-state index is -0.675. The van der Waals surface area contributed by atoms with Gasteiger partial charge >= 0.3 is 0 Å². The summed E-state index contributed by atoms with van der Waals surface area (Å²) in [5.74, 6) is 0.470. The quantitative estimate of drug-likeness (QED) is 0.361. The Bertz CT molecular complexity index is 733. The second-order valence-corrected chi connectivity index (χ2v) is 7.99. The van der Waals surface area contributed by atoms with Crippen LogP contribution in [-0.2, 0) is 0 Å². The van der Waals surface area contributed by atoms with Gasteiger partial charge in [-0.25, -0.2) is 0 Å². The topological polar surface area (TPSA) is 65.1 Å². The second kappa shape index (κ2) is 9.98. The molecule has 26 heavy (non-hydrogen) atoms. The zero-order chi connectivity index (χ0) is 17.8. The summed E-state index contributed by atoms with van der Waals surface area (Å²) < 4.78 is 0.657. The molecule has 1 aromatic carbocycles. The van der Waals surface area contributed by atoms with Gasteiger partial charge in [0.2, 0.25) is 0 Å². The molecule has 142 valence electrons. The number of rotatable bonds is 4. The molecule has 9 heteroatoms. The molecule has 2 heterocycles. The highest BCUT2D eigenvalue weighted by Gasteiger charge is 2.19. The Kier molecular flexibility index (Phi) is 8.28. The highest BCUT2D eigenvalue weighted by Crippen LogP contribution is 2.27. The maximum Gasteiger partial charge on any atom is 0.191 e. The number of piperazine rings is 1. The summed E-state index contributed by atoms with van der Waals surface area (Å²) in [6, 6.07) is 11.4. The lowest BCUT2D eigenvalue weighted by atomic mass is 10.2. The van der Waals surface area contributed by atoms with Gasteiger partial charge in [-0.2, -0.15) is 0 Å². The third-order valence-corrected chi connectivity index (χ3v) is 5.73. The molecule has 1 atom stereocenters. The van der Waals surface area contributed by atoms with E-state index in [4.69, 9.17) is 28.9 Å². The van der Waals surface area contributed by atoms with Crippen LogP contribution in [0.2, 0.25) is 9.36 Å². The van der Waals surface area contributed by atoms with Crippen LogP contribution in [0.15, 0.2) is 41.4 Å². The number of thiophene rings is 1. The zero-order valence-electron chi connectivity index (χ0n) is 14.0. The van der Waals surface area contributed by atoms with E-state index in [1.807, 2.05) is 35.2 Å². The lowest BCUT2D eigenvalue weighted by Crippen LogP contribution is -2.51. The molecule has 5 nitrogen and oxygen atoms in total. The Balaban J connectivity index is 0.00000243. The molecule has 3 N–H and O–H groups in total. The first-order chi connectivity index (χ1) is 12.0. The largest absolute Gasteiger partial charge is 0.386 e. The summed E-state index contributed by atoms with van der Waals surface area (Å²) in [4.78, 5) is 9.48. The molecule has 1 aliphatic rings. The van der Waals surface area contributed by atoms with Gasteiger partial charge in [-0.3, -0.25) is 4.99 Å². The van der Waals surface area contributed by atoms with Crippen LogP contribution in [0.25, 0.3) is 0 Å². The molecular formula is C17H21Cl2IN4OS. The Morgan fingerprint density at radius 3 is 2.35 bits per heavy atom. The predicted octanol–water partition coefficient (Wildman–Crippen LogP) is 3.84. The van der Waals surface area contributed by atoms with Crippen LogP contribution < -0.4 is 10.6 Å². The molecule has 2 aromatic rings. The first-order valence-corrected chi connectivity index (χ1v) is 9.59. The number of hydrogen-bond acceptors (Lipinski definition) is 4. The van der Waals surface area contributed by atoms with Gasteiger partial charge in [0.05, 0.1) is 10.9 Å². The number of aliphatic imine (C=N–C) groups is 1. The van der Waals surface area contributed by atoms with Crippen molar-refractivity contribution in [1.82, 2.24) is 4.90 Å². The molecule has 0 spiro atoms. The molecule has 1 saturated heterocycles. The minimum absolute atomic E-state index is 0. The fourth-order valence-corrected chi connectivity index (χ4v) is 3.89. The van der Waals surface area contributed by atoms with Gasteiger partial charge in [0, 0.05) is 41.8 Å². The van der Waals surface area contributed by atoms with Crippen LogP contribution in [0, 0.1) is 0 Å². The zero-order valence-corrected chi connectivity index (χ0v) is 18.7. The van der Waals surface area contributed by atoms with E-state index in [2.05, 4.69) is 9.89 Å². The Hall–Kier alpha value is -0.740. The number of benzene rings is 1. The maximum atomic E-state index is 10.1. The van der Waals surface area contributed by atoms with Crippen molar-refractivity contribution in [3.05, 3.63) is 50.6 Å². The van der Waals surface area contributed by atoms with Crippen molar-refractivity contribution in [2.45, 2.75) is 6.10 Å². The van der Waals surface area contributed by atoms with Gasteiger partial charge in [-0.05, 0) is 36.4 Å². The summed E-state index contributed by atoms with van der Waals surface area (Å²) in [6.45, 7) is 3.54. The van der Waals surface area contributed by atoms with Crippen molar-refractivity contribution in [2.24, 2.45) is 10.7 Å². The van der Waals surface area contributed by atoms with Gasteiger partial charge in [0.15, 0.2) is 5.96 Å². The van der Waals surface area contributed by atoms with Crippen LogP contribution in [0.4, 0.5) is 5.69 Å². The van der Waals surface area contributed by atoms with Crippen LogP contribution >= 0.6 is 58.5 Å². The molecule has 0 saturated carbocycles. The molecule has 1 fully saturated rings. The lowest BCUT2D eigenvalue weighted by molar-refractivity contribution is 0.190. The van der Waals surface area contributed by atoms with Crippen LogP contribution in [0.3, 0.4) is 0 Å². The van der Waals surface area contributed by atoms with Crippen molar-refractivity contribution >= 4 is 70.2 Å². The fraction of sp³-hybridized carbons (Fsp3) is 0.353. The third-order valence-electron chi connectivity index (χ3n) is 4.14. The first-order valence-electron chi connectivity index (χ1n) is 8.01. The van der Waals surface area contributed by atoms with Crippen LogP contribution in [-0.4, -0.2) is 48.7 Å². The van der Waals surface area contributed by atoms with E-state index in [0.717, 1.165) is 41.8 Å². The standard InChI is InChI=1S/C17H20Cl2N4OS.HI/c18-12-1-3-13(4-2-12)22-7-9-23(10-8-22)17(20)21-11-14(24)15-5-6-16(19)25-15;/h1-6,14,24H,7-11H2,(H2,20,21);1H. The van der Waals surface area contributed by atoms with Gasteiger partial charge in [0.1, 0.15) is 6.10 Å². The number of nitrogens with zero attached hydrogens (tertiary/aromatic N) is 3. The highest BCUT2D eigenvalue weighted by atomic mass is 127. The second-order valence-electron chi connectivity index (χ2n) is 5.81. The summed E-state index contributed by atoms with van der Waals surface area (Å²) in [7, 11) is 0. The molecule has 1 aliphatic heterocycles. The average Bonchev–Trinajstić information content (AvgIpc) is 3.07. The summed E-state index contributed by atoms with van der Waals surface area (Å²) in [5.41, 5.74) is 7.25. The number of guanidine groups is 1. The summed E-state index contributed by atoms with van der Waals surface area (Å²) in [6.07, 6.45) is -0.675. The number of anilines is 1. The Labute approximate surface area is 184 Å². The van der Waals surface area contributed by atoms with E-state index in [9.17, 15) is 5.11 Å². The first kappa shape index (κ1) is 21.6. The molecule has 0 bridgehead atoms. The van der Waals surface area contributed by atoms with Crippen LogP contribution in [0.5, 0.6) is 0 Å². The SMILES string of the molecule is I.NC(=NCC(O)c1ccc(Cl)s1)N1CCN(c2ccc(Cl)cc2)CC1. The maximum absolute atomic E-state index is 10.1. The molecule has 0 aliphatic carbocycles. The lowest BCUT2D eigenvalue weighted by Gasteiger charge is -2.36. The smallest absolute Gasteiger partial charge is 0.191 e. The number of nitrogens with two attached hydrogens (primary N) is 1. The van der Waals surface area contributed by atoms with Crippen molar-refractivity contribution in [2.75, 3.05) is 37.6 Å². The summed E-state index contributed by atoms with van der Waals surface area (Å²) >= 11 is 13.2. The average molecular weight is 527 g/mol. The normalized spacial score (nSPS) is 16.3. The van der Waals surface area contributed by atoms with E-state index >= 15 is 0 Å². The van der Waals surface area contributed by atoms with Gasteiger partial charge in [0.25, 0.3) is 0 Å². The van der Waals surface area contributed by atoms with Crippen molar-refractivity contribution in [3.8, 4) is 0 Å². The minimum Gasteiger partial charge on any atom is -0.386 e. The van der Waals surface area contributed by atoms with Gasteiger partial charge < -0.3 is 20.6 Å². The van der Waals surface area contributed by atoms with Gasteiger partial charge in [-0.15, -0.1) is 35.3 Å². The monoisotopic (exact) mass is 526 g/mol. The van der Waals surface area contributed by atoms with Crippen LogP contribution in [0.1, 0.15) is 11.0 Å². The third kappa shape index (κ3) is 5.63. The Morgan fingerprint density at radius 1 is 1.12 bits per heavy atom. The highest BCUT2D eigenvalue weighted by molar-refractivity contribution is 14.0.